The van der Waals surface area contributed by atoms with Crippen molar-refractivity contribution in [2.24, 2.45) is 0 Å². The van der Waals surface area contributed by atoms with Crippen molar-refractivity contribution in [3.05, 3.63) is 51.5 Å². The van der Waals surface area contributed by atoms with Crippen LogP contribution in [-0.4, -0.2) is 10.1 Å². The highest BCUT2D eigenvalue weighted by atomic mass is 32.1. The van der Waals surface area contributed by atoms with Crippen LogP contribution in [0.3, 0.4) is 0 Å². The molecule has 1 N–H and O–H groups in total. The van der Waals surface area contributed by atoms with Gasteiger partial charge >= 0.3 is 0 Å². The van der Waals surface area contributed by atoms with Gasteiger partial charge in [-0.25, -0.2) is 4.98 Å². The SMILES string of the molecule is Cc1csc(C(O)CC2CCCc3ccccc32)n1. The molecule has 2 nitrogen and oxygen atoms in total. The van der Waals surface area contributed by atoms with E-state index in [1.165, 1.54) is 30.4 Å². The van der Waals surface area contributed by atoms with Crippen molar-refractivity contribution < 1.29 is 5.11 Å². The largest absolute Gasteiger partial charge is 0.386 e. The maximum absolute atomic E-state index is 10.4. The van der Waals surface area contributed by atoms with Crippen molar-refractivity contribution in [1.29, 1.82) is 0 Å². The molecule has 0 fully saturated rings. The topological polar surface area (TPSA) is 33.1 Å². The second-order valence-electron chi connectivity index (χ2n) is 5.37. The Hall–Kier alpha value is -1.19. The molecule has 1 aromatic heterocycles. The minimum Gasteiger partial charge on any atom is -0.386 e. The molecular weight excluding hydrogens is 254 g/mol. The fourth-order valence-electron chi connectivity index (χ4n) is 2.99. The van der Waals surface area contributed by atoms with Crippen molar-refractivity contribution in [1.82, 2.24) is 4.98 Å². The van der Waals surface area contributed by atoms with Crippen molar-refractivity contribution in [2.75, 3.05) is 0 Å². The number of hydrogen-bond donors (Lipinski definition) is 1. The minimum atomic E-state index is -0.421. The van der Waals surface area contributed by atoms with Gasteiger partial charge in [-0.05, 0) is 49.7 Å². The third-order valence-corrected chi connectivity index (χ3v) is 4.99. The molecular formula is C16H19NOS. The number of aromatic nitrogens is 1. The zero-order valence-corrected chi connectivity index (χ0v) is 12.0. The fraction of sp³-hybridized carbons (Fsp3) is 0.438. The Kier molecular flexibility index (Phi) is 3.67. The average Bonchev–Trinajstić information content (AvgIpc) is 2.86. The number of hydrogen-bond acceptors (Lipinski definition) is 3. The smallest absolute Gasteiger partial charge is 0.121 e. The first kappa shape index (κ1) is 12.8. The Bertz CT molecular complexity index is 563. The van der Waals surface area contributed by atoms with E-state index in [4.69, 9.17) is 0 Å². The summed E-state index contributed by atoms with van der Waals surface area (Å²) in [6, 6.07) is 8.67. The second-order valence-corrected chi connectivity index (χ2v) is 6.26. The van der Waals surface area contributed by atoms with Gasteiger partial charge in [0.2, 0.25) is 0 Å². The lowest BCUT2D eigenvalue weighted by molar-refractivity contribution is 0.153. The number of fused-ring (bicyclic) bond motifs is 1. The summed E-state index contributed by atoms with van der Waals surface area (Å²) in [6.45, 7) is 1.97. The predicted molar refractivity (Wildman–Crippen MR) is 78.5 cm³/mol. The van der Waals surface area contributed by atoms with Gasteiger partial charge in [0.15, 0.2) is 0 Å². The van der Waals surface area contributed by atoms with E-state index in [0.29, 0.717) is 5.92 Å². The Balaban J connectivity index is 1.77. The van der Waals surface area contributed by atoms with Crippen molar-refractivity contribution >= 4 is 11.3 Å². The van der Waals surface area contributed by atoms with Gasteiger partial charge in [0.1, 0.15) is 11.1 Å². The van der Waals surface area contributed by atoms with Gasteiger partial charge in [0.25, 0.3) is 0 Å². The predicted octanol–water partition coefficient (Wildman–Crippen LogP) is 4.00. The van der Waals surface area contributed by atoms with E-state index < -0.39 is 6.10 Å². The van der Waals surface area contributed by atoms with E-state index in [1.807, 2.05) is 12.3 Å². The van der Waals surface area contributed by atoms with Crippen molar-refractivity contribution in [2.45, 2.75) is 44.6 Å². The van der Waals surface area contributed by atoms with E-state index in [9.17, 15) is 5.11 Å². The summed E-state index contributed by atoms with van der Waals surface area (Å²) in [7, 11) is 0. The fourth-order valence-corrected chi connectivity index (χ4v) is 3.79. The minimum absolute atomic E-state index is 0.421. The standard InChI is InChI=1S/C16H19NOS/c1-11-10-19-16(17-11)15(18)9-13-7-4-6-12-5-2-3-8-14(12)13/h2-3,5,8,10,13,15,18H,4,6-7,9H2,1H3. The van der Waals surface area contributed by atoms with Crippen molar-refractivity contribution in [3.8, 4) is 0 Å². The molecule has 0 radical (unpaired) electrons. The molecule has 0 bridgehead atoms. The lowest BCUT2D eigenvalue weighted by Gasteiger charge is -2.26. The van der Waals surface area contributed by atoms with Crippen LogP contribution in [0.2, 0.25) is 0 Å². The number of aliphatic hydroxyl groups is 1. The van der Waals surface area contributed by atoms with Gasteiger partial charge in [-0.1, -0.05) is 24.3 Å². The van der Waals surface area contributed by atoms with Crippen LogP contribution in [0, 0.1) is 6.92 Å². The monoisotopic (exact) mass is 273 g/mol. The van der Waals surface area contributed by atoms with Crippen LogP contribution in [0.1, 0.15) is 53.1 Å². The average molecular weight is 273 g/mol. The van der Waals surface area contributed by atoms with E-state index >= 15 is 0 Å². The molecule has 1 heterocycles. The zero-order chi connectivity index (χ0) is 13.2. The van der Waals surface area contributed by atoms with Crippen LogP contribution in [-0.2, 0) is 6.42 Å². The molecule has 0 spiro atoms. The number of thiazole rings is 1. The molecule has 0 saturated heterocycles. The molecule has 2 unspecified atom stereocenters. The van der Waals surface area contributed by atoms with Crippen LogP contribution in [0.4, 0.5) is 0 Å². The summed E-state index contributed by atoms with van der Waals surface area (Å²) in [5.41, 5.74) is 3.89. The normalized spacial score (nSPS) is 20.0. The van der Waals surface area contributed by atoms with Gasteiger partial charge in [-0.3, -0.25) is 0 Å². The molecule has 2 aromatic rings. The van der Waals surface area contributed by atoms with E-state index in [2.05, 4.69) is 29.2 Å². The maximum Gasteiger partial charge on any atom is 0.121 e. The Labute approximate surface area is 118 Å². The van der Waals surface area contributed by atoms with Gasteiger partial charge in [-0.2, -0.15) is 0 Å². The Morgan fingerprint density at radius 3 is 3.05 bits per heavy atom. The first-order valence-electron chi connectivity index (χ1n) is 6.92. The Morgan fingerprint density at radius 1 is 1.42 bits per heavy atom. The molecule has 1 aliphatic rings. The van der Waals surface area contributed by atoms with Crippen LogP contribution in [0.15, 0.2) is 29.6 Å². The molecule has 100 valence electrons. The van der Waals surface area contributed by atoms with Crippen LogP contribution in [0.5, 0.6) is 0 Å². The first-order chi connectivity index (χ1) is 9.24. The summed E-state index contributed by atoms with van der Waals surface area (Å²) < 4.78 is 0. The molecule has 3 rings (SSSR count). The van der Waals surface area contributed by atoms with E-state index in [1.54, 1.807) is 11.3 Å². The van der Waals surface area contributed by atoms with Crippen LogP contribution >= 0.6 is 11.3 Å². The molecule has 0 saturated carbocycles. The van der Waals surface area contributed by atoms with Gasteiger partial charge in [0, 0.05) is 11.1 Å². The lowest BCUT2D eigenvalue weighted by atomic mass is 9.80. The van der Waals surface area contributed by atoms with Gasteiger partial charge < -0.3 is 5.11 Å². The highest BCUT2D eigenvalue weighted by Gasteiger charge is 2.24. The second kappa shape index (κ2) is 5.43. The highest BCUT2D eigenvalue weighted by molar-refractivity contribution is 7.09. The number of benzene rings is 1. The molecule has 0 amide bonds. The number of aryl methyl sites for hydroxylation is 2. The molecule has 2 atom stereocenters. The molecule has 0 aliphatic heterocycles. The van der Waals surface area contributed by atoms with Crippen LogP contribution in [0.25, 0.3) is 0 Å². The summed E-state index contributed by atoms with van der Waals surface area (Å²) in [5, 5.41) is 13.2. The zero-order valence-electron chi connectivity index (χ0n) is 11.2. The van der Waals surface area contributed by atoms with E-state index in [-0.39, 0.29) is 0 Å². The summed E-state index contributed by atoms with van der Waals surface area (Å²) in [4.78, 5) is 4.40. The quantitative estimate of drug-likeness (QED) is 0.917. The molecule has 1 aliphatic carbocycles. The third-order valence-electron chi connectivity index (χ3n) is 3.92. The van der Waals surface area contributed by atoms with Crippen molar-refractivity contribution in [3.63, 3.8) is 0 Å². The number of rotatable bonds is 3. The first-order valence-corrected chi connectivity index (χ1v) is 7.80. The highest BCUT2D eigenvalue weighted by Crippen LogP contribution is 2.38. The molecule has 3 heteroatoms. The number of aliphatic hydroxyl groups excluding tert-OH is 1. The molecule has 19 heavy (non-hydrogen) atoms. The summed E-state index contributed by atoms with van der Waals surface area (Å²) >= 11 is 1.57. The van der Waals surface area contributed by atoms with Gasteiger partial charge in [-0.15, -0.1) is 11.3 Å². The van der Waals surface area contributed by atoms with Gasteiger partial charge in [0.05, 0.1) is 0 Å². The summed E-state index contributed by atoms with van der Waals surface area (Å²) in [5.74, 6) is 0.476. The maximum atomic E-state index is 10.4. The summed E-state index contributed by atoms with van der Waals surface area (Å²) in [6.07, 6.45) is 3.96. The Morgan fingerprint density at radius 2 is 2.26 bits per heavy atom. The van der Waals surface area contributed by atoms with Crippen LogP contribution < -0.4 is 0 Å². The van der Waals surface area contributed by atoms with E-state index in [0.717, 1.165) is 17.1 Å². The lowest BCUT2D eigenvalue weighted by Crippen LogP contribution is -2.13. The number of nitrogens with zero attached hydrogens (tertiary/aromatic N) is 1. The molecule has 1 aromatic carbocycles. The third kappa shape index (κ3) is 2.72.